The Morgan fingerprint density at radius 2 is 1.90 bits per heavy atom. The van der Waals surface area contributed by atoms with Crippen molar-refractivity contribution in [3.05, 3.63) is 29.3 Å². The zero-order valence-electron chi connectivity index (χ0n) is 16.6. The van der Waals surface area contributed by atoms with Crippen molar-refractivity contribution in [1.82, 2.24) is 4.90 Å². The van der Waals surface area contributed by atoms with Crippen molar-refractivity contribution in [2.45, 2.75) is 64.1 Å². The normalized spacial score (nSPS) is 27.9. The van der Waals surface area contributed by atoms with E-state index < -0.39 is 6.36 Å². The van der Waals surface area contributed by atoms with Crippen molar-refractivity contribution in [3.63, 3.8) is 0 Å². The number of ketones is 1. The van der Waals surface area contributed by atoms with E-state index in [0.29, 0.717) is 37.3 Å². The van der Waals surface area contributed by atoms with Gasteiger partial charge in [-0.25, -0.2) is 0 Å². The molecule has 0 atom stereocenters. The lowest BCUT2D eigenvalue weighted by molar-refractivity contribution is -0.274. The highest BCUT2D eigenvalue weighted by Crippen LogP contribution is 2.55. The zero-order chi connectivity index (χ0) is 20.8. The summed E-state index contributed by atoms with van der Waals surface area (Å²) in [7, 11) is 0. The molecule has 0 unspecified atom stereocenters. The van der Waals surface area contributed by atoms with Crippen LogP contribution in [0.15, 0.2) is 18.2 Å². The van der Waals surface area contributed by atoms with Crippen LogP contribution in [0, 0.1) is 18.3 Å². The second-order valence-corrected chi connectivity index (χ2v) is 8.94. The first-order valence-corrected chi connectivity index (χ1v) is 10.3. The van der Waals surface area contributed by atoms with E-state index in [-0.39, 0.29) is 28.9 Å². The molecule has 4 rings (SSSR count). The van der Waals surface area contributed by atoms with E-state index in [1.54, 1.807) is 13.0 Å². The first-order chi connectivity index (χ1) is 13.7. The molecule has 0 radical (unpaired) electrons. The van der Waals surface area contributed by atoms with Gasteiger partial charge in [-0.15, -0.1) is 13.2 Å². The van der Waals surface area contributed by atoms with Gasteiger partial charge in [0.05, 0.1) is 0 Å². The van der Waals surface area contributed by atoms with Crippen molar-refractivity contribution in [1.29, 1.82) is 0 Å². The minimum atomic E-state index is -4.71. The molecule has 1 aliphatic heterocycles. The van der Waals surface area contributed by atoms with Crippen LogP contribution in [0.2, 0.25) is 0 Å². The number of carbonyl (C=O) groups is 2. The zero-order valence-corrected chi connectivity index (χ0v) is 16.6. The number of hydrogen-bond acceptors (Lipinski definition) is 3. The van der Waals surface area contributed by atoms with Crippen LogP contribution in [0.4, 0.5) is 13.2 Å². The number of hydrogen-bond donors (Lipinski definition) is 0. The third kappa shape index (κ3) is 4.14. The molecule has 0 N–H and O–H groups in total. The number of piperidine rings is 1. The quantitative estimate of drug-likeness (QED) is 0.724. The van der Waals surface area contributed by atoms with Crippen molar-refractivity contribution in [2.24, 2.45) is 11.3 Å². The van der Waals surface area contributed by atoms with Crippen LogP contribution in [0.5, 0.6) is 5.75 Å². The summed E-state index contributed by atoms with van der Waals surface area (Å²) in [5, 5.41) is 0. The highest BCUT2D eigenvalue weighted by atomic mass is 19.4. The van der Waals surface area contributed by atoms with Gasteiger partial charge in [0.2, 0.25) is 5.91 Å². The maximum absolute atomic E-state index is 12.8. The summed E-state index contributed by atoms with van der Waals surface area (Å²) >= 11 is 0. The highest BCUT2D eigenvalue weighted by molar-refractivity contribution is 5.84. The van der Waals surface area contributed by atoms with Gasteiger partial charge < -0.3 is 9.64 Å². The molecule has 158 valence electrons. The van der Waals surface area contributed by atoms with E-state index in [1.165, 1.54) is 6.07 Å². The number of nitrogens with zero attached hydrogens (tertiary/aromatic N) is 1. The second-order valence-electron chi connectivity index (χ2n) is 8.94. The molecule has 0 bridgehead atoms. The highest BCUT2D eigenvalue weighted by Gasteiger charge is 2.51. The minimum Gasteiger partial charge on any atom is -0.406 e. The van der Waals surface area contributed by atoms with Gasteiger partial charge in [0.15, 0.2) is 0 Å². The molecule has 4 nitrogen and oxygen atoms in total. The van der Waals surface area contributed by atoms with Crippen LogP contribution in [0.25, 0.3) is 0 Å². The van der Waals surface area contributed by atoms with E-state index in [0.717, 1.165) is 37.7 Å². The molecule has 2 saturated carbocycles. The van der Waals surface area contributed by atoms with Crippen molar-refractivity contribution in [3.8, 4) is 5.75 Å². The van der Waals surface area contributed by atoms with Gasteiger partial charge in [-0.2, -0.15) is 0 Å². The summed E-state index contributed by atoms with van der Waals surface area (Å²) in [5.74, 6) is 0.501. The maximum Gasteiger partial charge on any atom is 0.573 e. The van der Waals surface area contributed by atoms with Crippen LogP contribution in [0.1, 0.15) is 62.0 Å². The number of benzene rings is 1. The largest absolute Gasteiger partial charge is 0.573 e. The third-order valence-electron chi connectivity index (χ3n) is 7.01. The predicted molar refractivity (Wildman–Crippen MR) is 100 cm³/mol. The smallest absolute Gasteiger partial charge is 0.406 e. The molecule has 0 aromatic heterocycles. The molecule has 1 aromatic carbocycles. The summed E-state index contributed by atoms with van der Waals surface area (Å²) in [6, 6.07) is 4.79. The molecule has 1 heterocycles. The Bertz CT molecular complexity index is 806. The number of amides is 1. The van der Waals surface area contributed by atoms with Gasteiger partial charge in [-0.3, -0.25) is 9.59 Å². The average molecular weight is 409 g/mol. The minimum absolute atomic E-state index is 0.0303. The number of Topliss-reactive ketones (excluding diaryl/α,β-unsaturated/α-hetero) is 1. The lowest BCUT2D eigenvalue weighted by atomic mass is 9.60. The van der Waals surface area contributed by atoms with E-state index in [2.05, 4.69) is 4.74 Å². The lowest BCUT2D eigenvalue weighted by Gasteiger charge is -2.46. The Morgan fingerprint density at radius 1 is 1.21 bits per heavy atom. The van der Waals surface area contributed by atoms with E-state index in [1.807, 2.05) is 11.0 Å². The van der Waals surface area contributed by atoms with Crippen LogP contribution in [-0.4, -0.2) is 36.0 Å². The summed E-state index contributed by atoms with van der Waals surface area (Å²) < 4.78 is 41.9. The molecular formula is C22H26F3NO3. The Kier molecular flexibility index (Phi) is 5.11. The third-order valence-corrected chi connectivity index (χ3v) is 7.01. The summed E-state index contributed by atoms with van der Waals surface area (Å²) in [4.78, 5) is 26.3. The Labute approximate surface area is 168 Å². The van der Waals surface area contributed by atoms with Gasteiger partial charge in [-0.1, -0.05) is 12.1 Å². The molecule has 7 heteroatoms. The number of likely N-dealkylation sites (tertiary alicyclic amines) is 1. The first-order valence-electron chi connectivity index (χ1n) is 10.3. The second kappa shape index (κ2) is 7.33. The topological polar surface area (TPSA) is 46.6 Å². The van der Waals surface area contributed by atoms with Crippen molar-refractivity contribution < 1.29 is 27.5 Å². The molecule has 1 saturated heterocycles. The number of rotatable bonds is 3. The SMILES string of the molecule is Cc1c(OC(F)(F)F)cccc1C1CCN(C(=O)C2CC3(CCC(=O)C3)C2)CC1. The fourth-order valence-corrected chi connectivity index (χ4v) is 5.49. The van der Waals surface area contributed by atoms with Gasteiger partial charge in [0.25, 0.3) is 0 Å². The molecule has 1 amide bonds. The maximum atomic E-state index is 12.8. The molecule has 3 aliphatic rings. The molecule has 2 aliphatic carbocycles. The molecule has 1 aromatic rings. The summed E-state index contributed by atoms with van der Waals surface area (Å²) in [5.41, 5.74) is 1.47. The van der Waals surface area contributed by atoms with Crippen LogP contribution in [-0.2, 0) is 9.59 Å². The van der Waals surface area contributed by atoms with Gasteiger partial charge >= 0.3 is 6.36 Å². The Morgan fingerprint density at radius 3 is 2.48 bits per heavy atom. The predicted octanol–water partition coefficient (Wildman–Crippen LogP) is 4.75. The average Bonchev–Trinajstić information content (AvgIpc) is 3.03. The van der Waals surface area contributed by atoms with E-state index in [4.69, 9.17) is 0 Å². The van der Waals surface area contributed by atoms with Gasteiger partial charge in [0.1, 0.15) is 11.5 Å². The number of carbonyl (C=O) groups excluding carboxylic acids is 2. The fourth-order valence-electron chi connectivity index (χ4n) is 5.49. The Balaban J connectivity index is 1.34. The number of halogens is 3. The first kappa shape index (κ1) is 20.2. The summed E-state index contributed by atoms with van der Waals surface area (Å²) in [6.45, 7) is 2.90. The number of ether oxygens (including phenoxy) is 1. The monoisotopic (exact) mass is 409 g/mol. The van der Waals surface area contributed by atoms with E-state index in [9.17, 15) is 22.8 Å². The van der Waals surface area contributed by atoms with Crippen LogP contribution >= 0.6 is 0 Å². The summed E-state index contributed by atoms with van der Waals surface area (Å²) in [6.07, 6.45) is 0.630. The van der Waals surface area contributed by atoms with E-state index >= 15 is 0 Å². The van der Waals surface area contributed by atoms with Crippen LogP contribution < -0.4 is 4.74 Å². The standard InChI is InChI=1S/C22H26F3NO3/c1-14-18(3-2-4-19(14)29-22(23,24)25)15-6-9-26(10-7-15)20(28)16-11-21(12-16)8-5-17(27)13-21/h2-4,15-16H,5-13H2,1H3. The molecule has 29 heavy (non-hydrogen) atoms. The lowest BCUT2D eigenvalue weighted by Crippen LogP contribution is -2.48. The number of alkyl halides is 3. The molecular weight excluding hydrogens is 383 g/mol. The Hall–Kier alpha value is -2.05. The van der Waals surface area contributed by atoms with Crippen molar-refractivity contribution in [2.75, 3.05) is 13.1 Å². The van der Waals surface area contributed by atoms with Gasteiger partial charge in [0, 0.05) is 31.8 Å². The fraction of sp³-hybridized carbons (Fsp3) is 0.636. The van der Waals surface area contributed by atoms with Gasteiger partial charge in [-0.05, 0) is 67.6 Å². The molecule has 3 fully saturated rings. The van der Waals surface area contributed by atoms with Crippen molar-refractivity contribution >= 4 is 11.7 Å². The molecule has 1 spiro atoms. The van der Waals surface area contributed by atoms with Crippen LogP contribution in [0.3, 0.4) is 0 Å².